The second-order valence-corrected chi connectivity index (χ2v) is 5.90. The second-order valence-electron chi connectivity index (χ2n) is 5.90. The molecule has 1 aromatic rings. The molecule has 2 fully saturated rings. The quantitative estimate of drug-likeness (QED) is 0.857. The Bertz CT molecular complexity index is 487. The summed E-state index contributed by atoms with van der Waals surface area (Å²) in [4.78, 5) is 34.0. The Hall–Kier alpha value is -1.65. The maximum atomic E-state index is 12.6. The van der Waals surface area contributed by atoms with Crippen molar-refractivity contribution < 1.29 is 9.59 Å². The first kappa shape index (κ1) is 13.3. The fourth-order valence-electron chi connectivity index (χ4n) is 3.75. The number of hydrogen-bond donors (Lipinski definition) is 1. The molecule has 0 spiro atoms. The van der Waals surface area contributed by atoms with Crippen LogP contribution in [0.15, 0.2) is 12.4 Å². The molecule has 0 aromatic carbocycles. The SMILES string of the molecule is CCC1CC2C(=O)N(C(CC)c3ncc[nH]3)C(=O)C2C1. The Balaban J connectivity index is 1.86. The van der Waals surface area contributed by atoms with Crippen LogP contribution in [-0.2, 0) is 9.59 Å². The third kappa shape index (κ3) is 1.87. The second kappa shape index (κ2) is 5.04. The van der Waals surface area contributed by atoms with Gasteiger partial charge in [-0.1, -0.05) is 20.3 Å². The lowest BCUT2D eigenvalue weighted by atomic mass is 10.00. The van der Waals surface area contributed by atoms with Crippen molar-refractivity contribution in [2.75, 3.05) is 0 Å². The van der Waals surface area contributed by atoms with Gasteiger partial charge in [-0.25, -0.2) is 4.98 Å². The normalized spacial score (nSPS) is 30.9. The van der Waals surface area contributed by atoms with E-state index in [1.807, 2.05) is 6.92 Å². The van der Waals surface area contributed by atoms with E-state index in [2.05, 4.69) is 16.9 Å². The predicted molar refractivity (Wildman–Crippen MR) is 73.5 cm³/mol. The fraction of sp³-hybridized carbons (Fsp3) is 0.667. The number of imidazole rings is 1. The van der Waals surface area contributed by atoms with Gasteiger partial charge in [0.1, 0.15) is 5.82 Å². The molecule has 3 rings (SSSR count). The summed E-state index contributed by atoms with van der Waals surface area (Å²) in [6.45, 7) is 4.12. The molecule has 20 heavy (non-hydrogen) atoms. The Morgan fingerprint density at radius 1 is 1.30 bits per heavy atom. The monoisotopic (exact) mass is 275 g/mol. The summed E-state index contributed by atoms with van der Waals surface area (Å²) >= 11 is 0. The topological polar surface area (TPSA) is 66.1 Å². The Morgan fingerprint density at radius 2 is 1.95 bits per heavy atom. The molecule has 2 heterocycles. The molecule has 2 amide bonds. The number of aromatic nitrogens is 2. The summed E-state index contributed by atoms with van der Waals surface area (Å²) in [6.07, 6.45) is 6.90. The van der Waals surface area contributed by atoms with Crippen LogP contribution in [0.3, 0.4) is 0 Å². The molecule has 1 saturated carbocycles. The third-order valence-corrected chi connectivity index (χ3v) is 4.88. The molecule has 2 aliphatic rings. The van der Waals surface area contributed by atoms with Gasteiger partial charge < -0.3 is 4.98 Å². The van der Waals surface area contributed by atoms with Gasteiger partial charge in [-0.05, 0) is 25.2 Å². The molecule has 1 aromatic heterocycles. The van der Waals surface area contributed by atoms with Gasteiger partial charge in [0, 0.05) is 12.4 Å². The molecule has 0 radical (unpaired) electrons. The minimum atomic E-state index is -0.240. The first-order chi connectivity index (χ1) is 9.67. The first-order valence-electron chi connectivity index (χ1n) is 7.53. The van der Waals surface area contributed by atoms with Crippen LogP contribution in [0.4, 0.5) is 0 Å². The van der Waals surface area contributed by atoms with E-state index in [0.717, 1.165) is 19.3 Å². The Kier molecular flexibility index (Phi) is 3.36. The van der Waals surface area contributed by atoms with Crippen molar-refractivity contribution >= 4 is 11.8 Å². The van der Waals surface area contributed by atoms with E-state index in [4.69, 9.17) is 0 Å². The zero-order valence-corrected chi connectivity index (χ0v) is 12.0. The predicted octanol–water partition coefficient (Wildman–Crippen LogP) is 2.28. The maximum absolute atomic E-state index is 12.6. The highest BCUT2D eigenvalue weighted by atomic mass is 16.2. The third-order valence-electron chi connectivity index (χ3n) is 4.88. The molecule has 0 bridgehead atoms. The summed E-state index contributed by atoms with van der Waals surface area (Å²) < 4.78 is 0. The number of fused-ring (bicyclic) bond motifs is 1. The lowest BCUT2D eigenvalue weighted by molar-refractivity contribution is -0.143. The number of imide groups is 1. The zero-order chi connectivity index (χ0) is 14.3. The highest BCUT2D eigenvalue weighted by molar-refractivity contribution is 6.05. The summed E-state index contributed by atoms with van der Waals surface area (Å²) in [5, 5.41) is 0. The van der Waals surface area contributed by atoms with Gasteiger partial charge >= 0.3 is 0 Å². The fourth-order valence-corrected chi connectivity index (χ4v) is 3.75. The number of carbonyl (C=O) groups excluding carboxylic acids is 2. The van der Waals surface area contributed by atoms with Crippen LogP contribution in [0.2, 0.25) is 0 Å². The average Bonchev–Trinajstić information content (AvgIpc) is 3.15. The Labute approximate surface area is 118 Å². The van der Waals surface area contributed by atoms with E-state index in [1.54, 1.807) is 12.4 Å². The number of amides is 2. The first-order valence-corrected chi connectivity index (χ1v) is 7.53. The van der Waals surface area contributed by atoms with Crippen LogP contribution in [0.25, 0.3) is 0 Å². The van der Waals surface area contributed by atoms with Gasteiger partial charge in [-0.3, -0.25) is 14.5 Å². The van der Waals surface area contributed by atoms with E-state index >= 15 is 0 Å². The van der Waals surface area contributed by atoms with E-state index in [1.165, 1.54) is 4.90 Å². The number of nitrogens with one attached hydrogen (secondary N) is 1. The summed E-state index contributed by atoms with van der Waals surface area (Å²) in [6, 6.07) is -0.240. The van der Waals surface area contributed by atoms with Crippen LogP contribution in [-0.4, -0.2) is 26.7 Å². The molecule has 3 atom stereocenters. The molecular formula is C15H21N3O2. The van der Waals surface area contributed by atoms with Gasteiger partial charge in [0.2, 0.25) is 11.8 Å². The number of H-pyrrole nitrogens is 1. The van der Waals surface area contributed by atoms with Crippen molar-refractivity contribution in [1.82, 2.24) is 14.9 Å². The van der Waals surface area contributed by atoms with Gasteiger partial charge in [-0.15, -0.1) is 0 Å². The number of carbonyl (C=O) groups is 2. The molecule has 5 nitrogen and oxygen atoms in total. The number of nitrogens with zero attached hydrogens (tertiary/aromatic N) is 2. The number of rotatable bonds is 4. The Morgan fingerprint density at radius 3 is 2.40 bits per heavy atom. The summed E-state index contributed by atoms with van der Waals surface area (Å²) in [7, 11) is 0. The molecular weight excluding hydrogens is 254 g/mol. The largest absolute Gasteiger partial charge is 0.347 e. The van der Waals surface area contributed by atoms with Crippen LogP contribution < -0.4 is 0 Å². The van der Waals surface area contributed by atoms with Crippen LogP contribution >= 0.6 is 0 Å². The average molecular weight is 275 g/mol. The number of likely N-dealkylation sites (tertiary alicyclic amines) is 1. The zero-order valence-electron chi connectivity index (χ0n) is 12.0. The van der Waals surface area contributed by atoms with E-state index in [-0.39, 0.29) is 29.7 Å². The lowest BCUT2D eigenvalue weighted by Gasteiger charge is -2.25. The highest BCUT2D eigenvalue weighted by Gasteiger charge is 2.54. The summed E-state index contributed by atoms with van der Waals surface area (Å²) in [5.41, 5.74) is 0. The van der Waals surface area contributed by atoms with Gasteiger partial charge in [0.05, 0.1) is 17.9 Å². The number of hydrogen-bond acceptors (Lipinski definition) is 3. The van der Waals surface area contributed by atoms with Crippen molar-refractivity contribution in [3.05, 3.63) is 18.2 Å². The highest BCUT2D eigenvalue weighted by Crippen LogP contribution is 2.46. The van der Waals surface area contributed by atoms with E-state index in [9.17, 15) is 9.59 Å². The van der Waals surface area contributed by atoms with Crippen LogP contribution in [0.5, 0.6) is 0 Å². The standard InChI is InChI=1S/C15H21N3O2/c1-3-9-7-10-11(8-9)15(20)18(14(10)19)12(4-2)13-16-5-6-17-13/h5-6,9-12H,3-4,7-8H2,1-2H3,(H,16,17). The van der Waals surface area contributed by atoms with Gasteiger partial charge in [0.15, 0.2) is 0 Å². The van der Waals surface area contributed by atoms with Crippen LogP contribution in [0, 0.1) is 17.8 Å². The molecule has 108 valence electrons. The molecule has 1 saturated heterocycles. The molecule has 1 aliphatic carbocycles. The van der Waals surface area contributed by atoms with Crippen LogP contribution in [0.1, 0.15) is 51.4 Å². The van der Waals surface area contributed by atoms with E-state index in [0.29, 0.717) is 18.2 Å². The van der Waals surface area contributed by atoms with Gasteiger partial charge in [-0.2, -0.15) is 0 Å². The van der Waals surface area contributed by atoms with Gasteiger partial charge in [0.25, 0.3) is 0 Å². The lowest BCUT2D eigenvalue weighted by Crippen LogP contribution is -2.36. The van der Waals surface area contributed by atoms with Crippen molar-refractivity contribution in [2.45, 2.75) is 45.6 Å². The molecule has 5 heteroatoms. The molecule has 3 unspecified atom stereocenters. The molecule has 1 aliphatic heterocycles. The minimum Gasteiger partial charge on any atom is -0.347 e. The smallest absolute Gasteiger partial charge is 0.233 e. The summed E-state index contributed by atoms with van der Waals surface area (Å²) in [5.74, 6) is 1.09. The number of aromatic amines is 1. The van der Waals surface area contributed by atoms with Crippen molar-refractivity contribution in [1.29, 1.82) is 0 Å². The maximum Gasteiger partial charge on any atom is 0.233 e. The molecule has 1 N–H and O–H groups in total. The minimum absolute atomic E-state index is 0.0131. The van der Waals surface area contributed by atoms with E-state index < -0.39 is 0 Å². The van der Waals surface area contributed by atoms with Crippen molar-refractivity contribution in [3.8, 4) is 0 Å². The van der Waals surface area contributed by atoms with Crippen molar-refractivity contribution in [2.24, 2.45) is 17.8 Å². The van der Waals surface area contributed by atoms with Crippen molar-refractivity contribution in [3.63, 3.8) is 0 Å².